The van der Waals surface area contributed by atoms with Crippen LogP contribution in [0.3, 0.4) is 0 Å². The summed E-state index contributed by atoms with van der Waals surface area (Å²) in [5.41, 5.74) is 5.59. The number of aromatic nitrogens is 4. The van der Waals surface area contributed by atoms with Gasteiger partial charge in [0.25, 0.3) is 11.9 Å². The number of anilines is 2. The van der Waals surface area contributed by atoms with Crippen LogP contribution in [0.15, 0.2) is 24.3 Å². The van der Waals surface area contributed by atoms with Crippen molar-refractivity contribution in [3.05, 3.63) is 48.7 Å². The number of imidazole rings is 1. The number of hydrogen-bond donors (Lipinski definition) is 7. The minimum atomic E-state index is -0.846. The molecule has 2 heterocycles. The first kappa shape index (κ1) is 61.0. The molecule has 1 aromatic carbocycles. The minimum Gasteiger partial charge on any atom is -0.480 e. The van der Waals surface area contributed by atoms with E-state index >= 15 is 0 Å². The van der Waals surface area contributed by atoms with Gasteiger partial charge in [-0.05, 0) is 131 Å². The Balaban J connectivity index is 1.50. The lowest BCUT2D eigenvalue weighted by Crippen LogP contribution is -2.50. The summed E-state index contributed by atoms with van der Waals surface area (Å²) in [6.07, 6.45) is 3.73. The Kier molecular flexibility index (Phi) is 24.6. The molecule has 2 aromatic heterocycles. The molecule has 0 aliphatic carbocycles. The first-order chi connectivity index (χ1) is 34.3. The molecule has 0 saturated carbocycles. The molecular formula is C50H80N12O10S. The van der Waals surface area contributed by atoms with Gasteiger partial charge in [-0.1, -0.05) is 25.5 Å². The van der Waals surface area contributed by atoms with Gasteiger partial charge in [-0.2, -0.15) is 26.7 Å². The van der Waals surface area contributed by atoms with Crippen molar-refractivity contribution in [3.63, 3.8) is 0 Å². The number of hydrogen-bond acceptors (Lipinski definition) is 16. The Morgan fingerprint density at radius 3 is 1.88 bits per heavy atom. The Labute approximate surface area is 434 Å². The second-order valence-electron chi connectivity index (χ2n) is 20.3. The lowest BCUT2D eigenvalue weighted by molar-refractivity contribution is -0.122. The summed E-state index contributed by atoms with van der Waals surface area (Å²) < 4.78 is 18.2. The van der Waals surface area contributed by atoms with Crippen LogP contribution in [0, 0.1) is 13.3 Å². The number of nitrogens with one attached hydrogen (secondary N) is 5. The SMILES string of the molecule is [CH2][CH]CSC[C@H](NC(=O)OC(C)(C)C)C(=O)NCCCN(CCCCN(CCCNC(=O)CNC(=O)c1ccc(Cn2c(O)nc3c(N)nc(NCCCC)nc32)cc1)C(=O)OC(C)(C)C)C(=O)OC(C)(C)C. The molecule has 1 atom stereocenters. The maximum absolute atomic E-state index is 13.3. The third-order valence-corrected chi connectivity index (χ3v) is 11.2. The maximum Gasteiger partial charge on any atom is 0.410 e. The standard InChI is InChI=1S/C50H80N12O10S/c1-12-14-23-54-43-58-39(51)38-40(59-43)62(44(66)57-38)32-34-19-21-35(22-20-34)41(64)55-31-37(63)52-24-17-28-60(46(68)71-49(6,7)8)26-15-16-27-61(47(69)72-50(9,10)11)29-18-25-53-42(65)36(33-73-30-13-2)56-45(67)70-48(3,4)5/h13,19-22,36H,2,12,14-18,23-33H2,1,3-11H3,(H,52,63)(H,53,65)(H,55,64)(H,56,67)(H,57,66)(H3,51,54,58,59)/t36-/m0/s1. The smallest absolute Gasteiger partial charge is 0.410 e. The van der Waals surface area contributed by atoms with Crippen molar-refractivity contribution >= 4 is 70.7 Å². The molecule has 6 amide bonds. The number of carbonyl (C=O) groups is 6. The summed E-state index contributed by atoms with van der Waals surface area (Å²) in [4.78, 5) is 93.9. The number of carbonyl (C=O) groups excluding carboxylic acids is 6. The predicted octanol–water partition coefficient (Wildman–Crippen LogP) is 6.04. The first-order valence-corrected chi connectivity index (χ1v) is 26.0. The number of alkyl carbamates (subject to hydrolysis) is 1. The number of benzene rings is 1. The molecule has 3 rings (SSSR count). The van der Waals surface area contributed by atoms with E-state index in [1.807, 2.05) is 0 Å². The molecule has 0 saturated heterocycles. The van der Waals surface area contributed by atoms with Crippen LogP contribution in [0.4, 0.5) is 26.1 Å². The zero-order chi connectivity index (χ0) is 54.4. The van der Waals surface area contributed by atoms with Crippen molar-refractivity contribution in [2.45, 2.75) is 137 Å². The van der Waals surface area contributed by atoms with E-state index in [0.29, 0.717) is 74.0 Å². The van der Waals surface area contributed by atoms with Gasteiger partial charge in [-0.15, -0.1) is 0 Å². The number of fused-ring (bicyclic) bond motifs is 1. The van der Waals surface area contributed by atoms with Gasteiger partial charge >= 0.3 is 18.3 Å². The van der Waals surface area contributed by atoms with Crippen molar-refractivity contribution in [2.75, 3.05) is 74.9 Å². The zero-order valence-electron chi connectivity index (χ0n) is 44.5. The highest BCUT2D eigenvalue weighted by molar-refractivity contribution is 7.99. The van der Waals surface area contributed by atoms with E-state index in [1.165, 1.54) is 16.3 Å². The maximum atomic E-state index is 13.3. The number of amides is 6. The van der Waals surface area contributed by atoms with Crippen molar-refractivity contribution < 1.29 is 48.1 Å². The highest BCUT2D eigenvalue weighted by atomic mass is 32.2. The monoisotopic (exact) mass is 1040 g/mol. The fourth-order valence-electron chi connectivity index (χ4n) is 6.73. The molecule has 0 aliphatic heterocycles. The molecule has 0 aliphatic rings. The van der Waals surface area contributed by atoms with Crippen LogP contribution in [0.2, 0.25) is 0 Å². The molecular weight excluding hydrogens is 961 g/mol. The Morgan fingerprint density at radius 2 is 1.33 bits per heavy atom. The van der Waals surface area contributed by atoms with Crippen LogP contribution >= 0.6 is 11.8 Å². The van der Waals surface area contributed by atoms with E-state index in [-0.39, 0.29) is 62.5 Å². The average molecular weight is 1040 g/mol. The van der Waals surface area contributed by atoms with E-state index in [4.69, 9.17) is 19.9 Å². The van der Waals surface area contributed by atoms with Crippen molar-refractivity contribution in [2.24, 2.45) is 0 Å². The average Bonchev–Trinajstić information content (AvgIpc) is 3.60. The molecule has 8 N–H and O–H groups in total. The molecule has 22 nitrogen and oxygen atoms in total. The first-order valence-electron chi connectivity index (χ1n) is 24.8. The highest BCUT2D eigenvalue weighted by Gasteiger charge is 2.27. The van der Waals surface area contributed by atoms with Gasteiger partial charge in [0.2, 0.25) is 17.8 Å². The van der Waals surface area contributed by atoms with E-state index in [0.717, 1.165) is 18.4 Å². The van der Waals surface area contributed by atoms with Gasteiger partial charge in [0.15, 0.2) is 17.0 Å². The lowest BCUT2D eigenvalue weighted by Gasteiger charge is -2.29. The van der Waals surface area contributed by atoms with Gasteiger partial charge in [-0.25, -0.2) is 14.4 Å². The van der Waals surface area contributed by atoms with Crippen LogP contribution in [0.5, 0.6) is 6.01 Å². The lowest BCUT2D eigenvalue weighted by atomic mass is 10.1. The summed E-state index contributed by atoms with van der Waals surface area (Å²) in [5.74, 6) is 0.121. The van der Waals surface area contributed by atoms with Gasteiger partial charge in [-0.3, -0.25) is 19.0 Å². The van der Waals surface area contributed by atoms with E-state index in [9.17, 15) is 33.9 Å². The number of aromatic hydroxyl groups is 1. The fraction of sp³-hybridized carbons (Fsp3) is 0.620. The van der Waals surface area contributed by atoms with Gasteiger partial charge in [0.1, 0.15) is 22.8 Å². The predicted molar refractivity (Wildman–Crippen MR) is 283 cm³/mol. The van der Waals surface area contributed by atoms with Crippen LogP contribution in [0.25, 0.3) is 11.2 Å². The summed E-state index contributed by atoms with van der Waals surface area (Å²) in [6.45, 7) is 23.8. The molecule has 406 valence electrons. The molecule has 3 aromatic rings. The minimum absolute atomic E-state index is 0.138. The van der Waals surface area contributed by atoms with Crippen LogP contribution in [-0.4, -0.2) is 157 Å². The van der Waals surface area contributed by atoms with Crippen molar-refractivity contribution in [1.29, 1.82) is 0 Å². The number of unbranched alkanes of at least 4 members (excludes halogenated alkanes) is 2. The van der Waals surface area contributed by atoms with E-state index < -0.39 is 52.9 Å². The molecule has 23 heteroatoms. The second-order valence-corrected chi connectivity index (χ2v) is 21.4. The normalized spacial score (nSPS) is 12.1. The molecule has 0 spiro atoms. The number of nitrogens with two attached hydrogens (primary N) is 1. The van der Waals surface area contributed by atoms with Crippen LogP contribution < -0.4 is 32.3 Å². The largest absolute Gasteiger partial charge is 0.480 e. The topological polar surface area (TPSA) is 287 Å². The highest BCUT2D eigenvalue weighted by Crippen LogP contribution is 2.25. The summed E-state index contributed by atoms with van der Waals surface area (Å²) >= 11 is 1.44. The Hall–Kier alpha value is -6.26. The van der Waals surface area contributed by atoms with Crippen LogP contribution in [0.1, 0.15) is 124 Å². The van der Waals surface area contributed by atoms with Crippen molar-refractivity contribution in [3.8, 4) is 6.01 Å². The van der Waals surface area contributed by atoms with E-state index in [2.05, 4.69) is 55.4 Å². The number of thioether (sulfide) groups is 1. The quantitative estimate of drug-likeness (QED) is 0.0322. The van der Waals surface area contributed by atoms with Crippen LogP contribution in [-0.2, 0) is 30.3 Å². The third kappa shape index (κ3) is 23.4. The molecule has 0 bridgehead atoms. The summed E-state index contributed by atoms with van der Waals surface area (Å²) in [7, 11) is 0. The number of nitrogens with zero attached hydrogens (tertiary/aromatic N) is 6. The van der Waals surface area contributed by atoms with Gasteiger partial charge in [0.05, 0.1) is 13.1 Å². The van der Waals surface area contributed by atoms with Gasteiger partial charge in [0, 0.05) is 57.1 Å². The summed E-state index contributed by atoms with van der Waals surface area (Å²) in [6, 6.07) is 5.55. The van der Waals surface area contributed by atoms with E-state index in [1.54, 1.807) is 103 Å². The third-order valence-electron chi connectivity index (χ3n) is 10.1. The molecule has 2 radical (unpaired) electrons. The molecule has 73 heavy (non-hydrogen) atoms. The second kappa shape index (κ2) is 29.4. The van der Waals surface area contributed by atoms with Gasteiger partial charge < -0.3 is 61.4 Å². The zero-order valence-corrected chi connectivity index (χ0v) is 45.3. The number of ether oxygens (including phenoxy) is 3. The molecule has 0 unspecified atom stereocenters. The number of rotatable bonds is 28. The molecule has 0 fully saturated rings. The van der Waals surface area contributed by atoms with Crippen molar-refractivity contribution in [1.82, 2.24) is 50.6 Å². The fourth-order valence-corrected chi connectivity index (χ4v) is 7.51. The Bertz CT molecular complexity index is 2260. The Morgan fingerprint density at radius 1 is 0.767 bits per heavy atom. The number of nitrogen functional groups attached to an aromatic ring is 1. The summed E-state index contributed by atoms with van der Waals surface area (Å²) in [5, 5.41) is 24.7.